The number of nitrogens with one attached hydrogen (secondary N) is 1. The van der Waals surface area contributed by atoms with Crippen LogP contribution in [0.1, 0.15) is 17.5 Å². The standard InChI is InChI=1S/C23H21N3O/c24-17-20-10-7-11-21(16-20)25-23(27)14-15-26(22-12-5-2-6-13-22)18-19-8-3-1-4-9-19/h1-13,16H,14-15,18H2,(H,25,27). The molecule has 3 aromatic carbocycles. The van der Waals surface area contributed by atoms with Crippen molar-refractivity contribution in [2.45, 2.75) is 13.0 Å². The fraction of sp³-hybridized carbons (Fsp3) is 0.130. The summed E-state index contributed by atoms with van der Waals surface area (Å²) in [6, 6.07) is 29.3. The van der Waals surface area contributed by atoms with Crippen molar-refractivity contribution in [3.05, 3.63) is 96.1 Å². The van der Waals surface area contributed by atoms with Gasteiger partial charge in [0.1, 0.15) is 0 Å². The first kappa shape index (κ1) is 18.2. The zero-order valence-electron chi connectivity index (χ0n) is 15.0. The molecule has 0 aliphatic rings. The molecule has 0 radical (unpaired) electrons. The van der Waals surface area contributed by atoms with Gasteiger partial charge in [0.05, 0.1) is 11.6 Å². The number of amides is 1. The molecule has 0 spiro atoms. The molecule has 0 fully saturated rings. The van der Waals surface area contributed by atoms with E-state index >= 15 is 0 Å². The first-order chi connectivity index (χ1) is 13.2. The molecule has 27 heavy (non-hydrogen) atoms. The van der Waals surface area contributed by atoms with Crippen LogP contribution in [0.25, 0.3) is 0 Å². The van der Waals surface area contributed by atoms with Gasteiger partial charge in [0.15, 0.2) is 0 Å². The van der Waals surface area contributed by atoms with Crippen molar-refractivity contribution < 1.29 is 4.79 Å². The largest absolute Gasteiger partial charge is 0.367 e. The lowest BCUT2D eigenvalue weighted by Gasteiger charge is -2.25. The van der Waals surface area contributed by atoms with E-state index in [0.29, 0.717) is 24.2 Å². The predicted molar refractivity (Wildman–Crippen MR) is 108 cm³/mol. The summed E-state index contributed by atoms with van der Waals surface area (Å²) in [5, 5.41) is 11.8. The highest BCUT2D eigenvalue weighted by molar-refractivity contribution is 5.91. The minimum atomic E-state index is -0.0703. The Morgan fingerprint density at radius 2 is 1.63 bits per heavy atom. The monoisotopic (exact) mass is 355 g/mol. The summed E-state index contributed by atoms with van der Waals surface area (Å²) in [7, 11) is 0. The Bertz CT molecular complexity index is 917. The average molecular weight is 355 g/mol. The smallest absolute Gasteiger partial charge is 0.226 e. The topological polar surface area (TPSA) is 56.1 Å². The predicted octanol–water partition coefficient (Wildman–Crippen LogP) is 4.59. The van der Waals surface area contributed by atoms with Crippen LogP contribution in [0.3, 0.4) is 0 Å². The lowest BCUT2D eigenvalue weighted by molar-refractivity contribution is -0.116. The van der Waals surface area contributed by atoms with Crippen molar-refractivity contribution in [3.8, 4) is 6.07 Å². The van der Waals surface area contributed by atoms with Gasteiger partial charge >= 0.3 is 0 Å². The van der Waals surface area contributed by atoms with Gasteiger partial charge in [-0.1, -0.05) is 54.6 Å². The van der Waals surface area contributed by atoms with Gasteiger partial charge in [0.25, 0.3) is 0 Å². The molecule has 0 aliphatic heterocycles. The van der Waals surface area contributed by atoms with Gasteiger partial charge in [-0.3, -0.25) is 4.79 Å². The summed E-state index contributed by atoms with van der Waals surface area (Å²) < 4.78 is 0. The van der Waals surface area contributed by atoms with E-state index < -0.39 is 0 Å². The molecule has 1 amide bonds. The highest BCUT2D eigenvalue weighted by Gasteiger charge is 2.10. The summed E-state index contributed by atoms with van der Waals surface area (Å²) in [6.07, 6.45) is 0.360. The fourth-order valence-electron chi connectivity index (χ4n) is 2.87. The van der Waals surface area contributed by atoms with Gasteiger partial charge in [-0.15, -0.1) is 0 Å². The van der Waals surface area contributed by atoms with E-state index in [4.69, 9.17) is 5.26 Å². The van der Waals surface area contributed by atoms with Gasteiger partial charge < -0.3 is 10.2 Å². The molecular weight excluding hydrogens is 334 g/mol. The maximum Gasteiger partial charge on any atom is 0.226 e. The first-order valence-corrected chi connectivity index (χ1v) is 8.88. The zero-order valence-corrected chi connectivity index (χ0v) is 15.0. The van der Waals surface area contributed by atoms with E-state index in [-0.39, 0.29) is 5.91 Å². The summed E-state index contributed by atoms with van der Waals surface area (Å²) in [4.78, 5) is 14.6. The lowest BCUT2D eigenvalue weighted by Crippen LogP contribution is -2.27. The average Bonchev–Trinajstić information content (AvgIpc) is 2.72. The third-order valence-electron chi connectivity index (χ3n) is 4.22. The quantitative estimate of drug-likeness (QED) is 0.674. The van der Waals surface area contributed by atoms with Crippen molar-refractivity contribution in [3.63, 3.8) is 0 Å². The molecule has 1 N–H and O–H groups in total. The Balaban J connectivity index is 1.65. The van der Waals surface area contributed by atoms with E-state index in [1.165, 1.54) is 5.56 Å². The van der Waals surface area contributed by atoms with E-state index in [1.54, 1.807) is 24.3 Å². The van der Waals surface area contributed by atoms with Crippen LogP contribution in [-0.2, 0) is 11.3 Å². The van der Waals surface area contributed by atoms with E-state index in [0.717, 1.165) is 12.2 Å². The van der Waals surface area contributed by atoms with Crippen molar-refractivity contribution in [1.29, 1.82) is 5.26 Å². The molecule has 0 unspecified atom stereocenters. The van der Waals surface area contributed by atoms with Gasteiger partial charge in [-0.2, -0.15) is 5.26 Å². The molecule has 0 saturated carbocycles. The Hall–Kier alpha value is -3.58. The number of nitrogens with zero attached hydrogens (tertiary/aromatic N) is 2. The summed E-state index contributed by atoms with van der Waals surface area (Å²) in [5.41, 5.74) is 3.46. The number of hydrogen-bond donors (Lipinski definition) is 1. The van der Waals surface area contributed by atoms with E-state index in [2.05, 4.69) is 40.6 Å². The maximum atomic E-state index is 12.4. The molecule has 134 valence electrons. The SMILES string of the molecule is N#Cc1cccc(NC(=O)CCN(Cc2ccccc2)c2ccccc2)c1. The van der Waals surface area contributed by atoms with E-state index in [9.17, 15) is 4.79 Å². The normalized spacial score (nSPS) is 10.0. The molecular formula is C23H21N3O. The number of benzene rings is 3. The summed E-state index contributed by atoms with van der Waals surface area (Å²) in [5.74, 6) is -0.0703. The van der Waals surface area contributed by atoms with Crippen LogP contribution in [-0.4, -0.2) is 12.5 Å². The Morgan fingerprint density at radius 1 is 0.926 bits per heavy atom. The Kier molecular flexibility index (Phi) is 6.21. The highest BCUT2D eigenvalue weighted by Crippen LogP contribution is 2.18. The number of anilines is 2. The molecule has 0 aromatic heterocycles. The summed E-state index contributed by atoms with van der Waals surface area (Å²) in [6.45, 7) is 1.34. The number of para-hydroxylation sites is 1. The number of nitriles is 1. The third-order valence-corrected chi connectivity index (χ3v) is 4.22. The van der Waals surface area contributed by atoms with Crippen LogP contribution < -0.4 is 10.2 Å². The molecule has 3 rings (SSSR count). The van der Waals surface area contributed by atoms with Gasteiger partial charge in [0, 0.05) is 30.9 Å². The molecule has 4 nitrogen and oxygen atoms in total. The Morgan fingerprint density at radius 3 is 2.33 bits per heavy atom. The molecule has 0 bridgehead atoms. The number of rotatable bonds is 7. The maximum absolute atomic E-state index is 12.4. The number of carbonyl (C=O) groups excluding carboxylic acids is 1. The summed E-state index contributed by atoms with van der Waals surface area (Å²) >= 11 is 0. The Labute approximate surface area is 159 Å². The van der Waals surface area contributed by atoms with Crippen molar-refractivity contribution in [2.75, 3.05) is 16.8 Å². The van der Waals surface area contributed by atoms with Crippen LogP contribution in [0.5, 0.6) is 0 Å². The second-order valence-electron chi connectivity index (χ2n) is 6.23. The van der Waals surface area contributed by atoms with Crippen LogP contribution in [0.15, 0.2) is 84.9 Å². The van der Waals surface area contributed by atoms with Gasteiger partial charge in [-0.05, 0) is 35.9 Å². The van der Waals surface area contributed by atoms with Crippen LogP contribution in [0, 0.1) is 11.3 Å². The second kappa shape index (κ2) is 9.21. The van der Waals surface area contributed by atoms with Crippen molar-refractivity contribution in [2.24, 2.45) is 0 Å². The van der Waals surface area contributed by atoms with Gasteiger partial charge in [-0.25, -0.2) is 0 Å². The van der Waals surface area contributed by atoms with Crippen LogP contribution in [0.2, 0.25) is 0 Å². The molecule has 0 saturated heterocycles. The number of hydrogen-bond acceptors (Lipinski definition) is 3. The van der Waals surface area contributed by atoms with Crippen LogP contribution >= 0.6 is 0 Å². The first-order valence-electron chi connectivity index (χ1n) is 8.88. The lowest BCUT2D eigenvalue weighted by atomic mass is 10.2. The fourth-order valence-corrected chi connectivity index (χ4v) is 2.87. The third kappa shape index (κ3) is 5.45. The minimum absolute atomic E-state index is 0.0703. The molecule has 0 atom stereocenters. The molecule has 0 heterocycles. The van der Waals surface area contributed by atoms with Crippen molar-refractivity contribution in [1.82, 2.24) is 0 Å². The number of carbonyl (C=O) groups is 1. The second-order valence-corrected chi connectivity index (χ2v) is 6.23. The van der Waals surface area contributed by atoms with Gasteiger partial charge in [0.2, 0.25) is 5.91 Å². The minimum Gasteiger partial charge on any atom is -0.367 e. The van der Waals surface area contributed by atoms with Crippen molar-refractivity contribution >= 4 is 17.3 Å². The molecule has 4 heteroatoms. The van der Waals surface area contributed by atoms with Crippen LogP contribution in [0.4, 0.5) is 11.4 Å². The van der Waals surface area contributed by atoms with E-state index in [1.807, 2.05) is 36.4 Å². The zero-order chi connectivity index (χ0) is 18.9. The molecule has 0 aliphatic carbocycles. The molecule has 3 aromatic rings. The highest BCUT2D eigenvalue weighted by atomic mass is 16.1.